The molecule has 1 aliphatic carbocycles. The number of rotatable bonds is 3. The Bertz CT molecular complexity index is 603. The van der Waals surface area contributed by atoms with Crippen LogP contribution in [0.1, 0.15) is 0 Å². The molecular formula is C12H12N2O3S. The van der Waals surface area contributed by atoms with Gasteiger partial charge in [-0.05, 0) is 18.2 Å². The molecule has 0 aromatic heterocycles. The van der Waals surface area contributed by atoms with Gasteiger partial charge in [-0.25, -0.2) is 0 Å². The number of allylic oxidation sites excluding steroid dienone is 3. The van der Waals surface area contributed by atoms with Gasteiger partial charge in [0.25, 0.3) is 10.1 Å². The molecule has 0 heterocycles. The van der Waals surface area contributed by atoms with Crippen molar-refractivity contribution in [3.8, 4) is 0 Å². The highest BCUT2D eigenvalue weighted by Crippen LogP contribution is 2.11. The minimum Gasteiger partial charge on any atom is -0.285 e. The summed E-state index contributed by atoms with van der Waals surface area (Å²) < 4.78 is 31.4. The lowest BCUT2D eigenvalue weighted by molar-refractivity contribution is 0.482. The van der Waals surface area contributed by atoms with Crippen LogP contribution in [0.4, 0.5) is 5.69 Å². The molecule has 0 radical (unpaired) electrons. The molecule has 2 N–H and O–H groups in total. The van der Waals surface area contributed by atoms with Gasteiger partial charge in [0.1, 0.15) is 5.25 Å². The third-order valence-corrected chi connectivity index (χ3v) is 3.40. The summed E-state index contributed by atoms with van der Waals surface area (Å²) in [6.07, 6.45) is 6.13. The molecule has 0 bridgehead atoms. The lowest BCUT2D eigenvalue weighted by Crippen LogP contribution is -2.28. The molecule has 0 aliphatic heterocycles. The van der Waals surface area contributed by atoms with Crippen LogP contribution in [0.3, 0.4) is 0 Å². The molecule has 94 valence electrons. The molecule has 0 amide bonds. The molecule has 1 aromatic rings. The number of benzene rings is 1. The first-order valence-corrected chi connectivity index (χ1v) is 6.77. The fraction of sp³-hybridized carbons (Fsp3) is 0.0833. The zero-order valence-corrected chi connectivity index (χ0v) is 10.2. The highest BCUT2D eigenvalue weighted by molar-refractivity contribution is 7.87. The summed E-state index contributed by atoms with van der Waals surface area (Å²) >= 11 is 0. The second kappa shape index (κ2) is 5.16. The molecule has 6 heteroatoms. The van der Waals surface area contributed by atoms with E-state index in [1.807, 2.05) is 18.2 Å². The molecule has 0 saturated heterocycles. The van der Waals surface area contributed by atoms with Crippen molar-refractivity contribution in [3.05, 3.63) is 54.6 Å². The number of hydrazone groups is 1. The van der Waals surface area contributed by atoms with E-state index in [-0.39, 0.29) is 5.71 Å². The van der Waals surface area contributed by atoms with E-state index in [0.29, 0.717) is 0 Å². The van der Waals surface area contributed by atoms with Crippen molar-refractivity contribution < 1.29 is 13.0 Å². The van der Waals surface area contributed by atoms with Crippen molar-refractivity contribution in [1.29, 1.82) is 0 Å². The Morgan fingerprint density at radius 3 is 2.56 bits per heavy atom. The summed E-state index contributed by atoms with van der Waals surface area (Å²) in [6.45, 7) is 0. The maximum absolute atomic E-state index is 11.2. The Morgan fingerprint density at radius 2 is 1.89 bits per heavy atom. The van der Waals surface area contributed by atoms with E-state index in [1.54, 1.807) is 24.3 Å². The molecule has 0 fully saturated rings. The molecule has 1 aromatic carbocycles. The van der Waals surface area contributed by atoms with E-state index in [2.05, 4.69) is 10.5 Å². The number of hydrogen-bond acceptors (Lipinski definition) is 4. The van der Waals surface area contributed by atoms with Crippen LogP contribution in [0.2, 0.25) is 0 Å². The van der Waals surface area contributed by atoms with Crippen LogP contribution in [0, 0.1) is 0 Å². The third kappa shape index (κ3) is 3.06. The van der Waals surface area contributed by atoms with E-state index in [0.717, 1.165) is 5.69 Å². The predicted molar refractivity (Wildman–Crippen MR) is 71.1 cm³/mol. The zero-order chi connectivity index (χ0) is 13.0. The van der Waals surface area contributed by atoms with Crippen LogP contribution in [-0.4, -0.2) is 23.9 Å². The van der Waals surface area contributed by atoms with E-state index in [1.165, 1.54) is 12.2 Å². The Kier molecular flexibility index (Phi) is 3.59. The number of para-hydroxylation sites is 1. The summed E-state index contributed by atoms with van der Waals surface area (Å²) in [6, 6.07) is 9.13. The normalized spacial score (nSPS) is 21.2. The summed E-state index contributed by atoms with van der Waals surface area (Å²) in [5.74, 6) is 0. The second-order valence-corrected chi connectivity index (χ2v) is 5.23. The van der Waals surface area contributed by atoms with Crippen LogP contribution >= 0.6 is 0 Å². The monoisotopic (exact) mass is 264 g/mol. The molecule has 2 rings (SSSR count). The topological polar surface area (TPSA) is 78.8 Å². The highest BCUT2D eigenvalue weighted by atomic mass is 32.2. The minimum atomic E-state index is -4.19. The van der Waals surface area contributed by atoms with Crippen LogP contribution in [0.25, 0.3) is 0 Å². The van der Waals surface area contributed by atoms with Crippen LogP contribution in [0.15, 0.2) is 59.7 Å². The number of nitrogens with zero attached hydrogens (tertiary/aromatic N) is 1. The van der Waals surface area contributed by atoms with Crippen molar-refractivity contribution >= 4 is 21.5 Å². The first kappa shape index (κ1) is 12.5. The van der Waals surface area contributed by atoms with Crippen molar-refractivity contribution in [1.82, 2.24) is 0 Å². The van der Waals surface area contributed by atoms with E-state index in [9.17, 15) is 8.42 Å². The fourth-order valence-electron chi connectivity index (χ4n) is 1.51. The average molecular weight is 264 g/mol. The SMILES string of the molecule is O=S(=O)(O)C1C=CC=CC1=NNc1ccccc1. The van der Waals surface area contributed by atoms with Gasteiger partial charge in [-0.3, -0.25) is 9.98 Å². The highest BCUT2D eigenvalue weighted by Gasteiger charge is 2.26. The van der Waals surface area contributed by atoms with Crippen LogP contribution in [0.5, 0.6) is 0 Å². The molecule has 1 aliphatic rings. The standard InChI is InChI=1S/C12H12N2O3S/c15-18(16,17)12-9-5-4-8-11(12)14-13-10-6-2-1-3-7-10/h1-9,12-13H,(H,15,16,17). The zero-order valence-electron chi connectivity index (χ0n) is 9.39. The third-order valence-electron chi connectivity index (χ3n) is 2.36. The molecule has 1 unspecified atom stereocenters. The minimum absolute atomic E-state index is 0.240. The van der Waals surface area contributed by atoms with E-state index < -0.39 is 15.4 Å². The number of nitrogens with one attached hydrogen (secondary N) is 1. The Balaban J connectivity index is 2.21. The lowest BCUT2D eigenvalue weighted by atomic mass is 10.1. The molecule has 0 spiro atoms. The van der Waals surface area contributed by atoms with Gasteiger partial charge in [-0.15, -0.1) is 0 Å². The maximum Gasteiger partial charge on any atom is 0.277 e. The van der Waals surface area contributed by atoms with Crippen molar-refractivity contribution in [2.45, 2.75) is 5.25 Å². The van der Waals surface area contributed by atoms with Gasteiger partial charge in [0.05, 0.1) is 11.4 Å². The van der Waals surface area contributed by atoms with Gasteiger partial charge in [-0.1, -0.05) is 36.4 Å². The summed E-state index contributed by atoms with van der Waals surface area (Å²) in [4.78, 5) is 0. The van der Waals surface area contributed by atoms with E-state index >= 15 is 0 Å². The maximum atomic E-state index is 11.2. The quantitative estimate of drug-likeness (QED) is 0.645. The first-order valence-electron chi connectivity index (χ1n) is 5.27. The Hall–Kier alpha value is -1.92. The summed E-state index contributed by atoms with van der Waals surface area (Å²) in [5, 5.41) is 2.86. The van der Waals surface area contributed by atoms with E-state index in [4.69, 9.17) is 4.55 Å². The van der Waals surface area contributed by atoms with Gasteiger partial charge < -0.3 is 0 Å². The van der Waals surface area contributed by atoms with Gasteiger partial charge >= 0.3 is 0 Å². The first-order chi connectivity index (χ1) is 8.57. The van der Waals surface area contributed by atoms with Gasteiger partial charge in [0.15, 0.2) is 0 Å². The van der Waals surface area contributed by atoms with Gasteiger partial charge in [-0.2, -0.15) is 13.5 Å². The molecule has 0 saturated carbocycles. The summed E-state index contributed by atoms with van der Waals surface area (Å²) in [5.41, 5.74) is 3.72. The van der Waals surface area contributed by atoms with Crippen molar-refractivity contribution in [2.24, 2.45) is 5.10 Å². The Labute approximate surface area is 105 Å². The van der Waals surface area contributed by atoms with Crippen molar-refractivity contribution in [2.75, 3.05) is 5.43 Å². The predicted octanol–water partition coefficient (Wildman–Crippen LogP) is 1.84. The average Bonchev–Trinajstić information content (AvgIpc) is 2.37. The molecule has 1 atom stereocenters. The molecule has 18 heavy (non-hydrogen) atoms. The fourth-order valence-corrected chi connectivity index (χ4v) is 2.23. The second-order valence-electron chi connectivity index (χ2n) is 3.69. The van der Waals surface area contributed by atoms with Crippen molar-refractivity contribution in [3.63, 3.8) is 0 Å². The number of hydrogen-bond donors (Lipinski definition) is 2. The van der Waals surface area contributed by atoms with Gasteiger partial charge in [0, 0.05) is 0 Å². The summed E-state index contributed by atoms with van der Waals surface area (Å²) in [7, 11) is -4.19. The lowest BCUT2D eigenvalue weighted by Gasteiger charge is -2.12. The van der Waals surface area contributed by atoms with Crippen LogP contribution < -0.4 is 5.43 Å². The smallest absolute Gasteiger partial charge is 0.277 e. The van der Waals surface area contributed by atoms with Crippen LogP contribution in [-0.2, 0) is 10.1 Å². The molecule has 5 nitrogen and oxygen atoms in total. The molecular weight excluding hydrogens is 252 g/mol. The van der Waals surface area contributed by atoms with Gasteiger partial charge in [0.2, 0.25) is 0 Å². The number of anilines is 1. The largest absolute Gasteiger partial charge is 0.285 e. The Morgan fingerprint density at radius 1 is 1.17 bits per heavy atom.